The summed E-state index contributed by atoms with van der Waals surface area (Å²) in [4.78, 5) is 28.7. The summed E-state index contributed by atoms with van der Waals surface area (Å²) in [6.45, 7) is 11.0. The number of hydrogen-bond donors (Lipinski definition) is 1. The number of nitrogens with one attached hydrogen (secondary N) is 1. The van der Waals surface area contributed by atoms with E-state index in [1.54, 1.807) is 13.1 Å². The van der Waals surface area contributed by atoms with Crippen LogP contribution in [-0.4, -0.2) is 40.1 Å². The van der Waals surface area contributed by atoms with Crippen LogP contribution in [-0.2, 0) is 4.79 Å². The fraction of sp³-hybridized carbons (Fsp3) is 0.450. The molecule has 2 aromatic rings. The molecule has 0 aliphatic carbocycles. The van der Waals surface area contributed by atoms with Crippen molar-refractivity contribution in [3.63, 3.8) is 0 Å². The molecule has 1 aliphatic rings. The molecule has 0 saturated carbocycles. The van der Waals surface area contributed by atoms with Gasteiger partial charge in [-0.3, -0.25) is 9.59 Å². The molecule has 2 atom stereocenters. The van der Waals surface area contributed by atoms with Gasteiger partial charge in [0.25, 0.3) is 5.56 Å². The Bertz CT molecular complexity index is 890. The number of H-pyrrole nitrogens is 1. The summed E-state index contributed by atoms with van der Waals surface area (Å²) < 4.78 is 0. The highest BCUT2D eigenvalue weighted by atomic mass is 16.2. The van der Waals surface area contributed by atoms with Crippen LogP contribution in [0.1, 0.15) is 42.1 Å². The van der Waals surface area contributed by atoms with E-state index in [-0.39, 0.29) is 30.1 Å². The minimum Gasteiger partial charge on any atom is -0.356 e. The number of amides is 1. The predicted octanol–water partition coefficient (Wildman–Crippen LogP) is 2.49. The van der Waals surface area contributed by atoms with Crippen LogP contribution in [0.3, 0.4) is 0 Å². The second-order valence-electron chi connectivity index (χ2n) is 7.27. The Hall–Kier alpha value is -2.63. The van der Waals surface area contributed by atoms with Crippen LogP contribution in [0.2, 0.25) is 0 Å². The molecule has 1 aromatic heterocycles. The first-order valence-electron chi connectivity index (χ1n) is 8.97. The molecule has 0 spiro atoms. The fourth-order valence-corrected chi connectivity index (χ4v) is 3.78. The van der Waals surface area contributed by atoms with Crippen LogP contribution in [0, 0.1) is 20.8 Å². The molecule has 2 heterocycles. The largest absolute Gasteiger partial charge is 0.356 e. The van der Waals surface area contributed by atoms with E-state index in [9.17, 15) is 9.59 Å². The third-order valence-electron chi connectivity index (χ3n) is 5.35. The SMILES string of the molecule is Cc1ccc([C@H](C)N2C[C@@H](C)N(c3cn[nH]c(=O)c3C)CC2=O)c(C)c1. The Morgan fingerprint density at radius 1 is 1.23 bits per heavy atom. The van der Waals surface area contributed by atoms with E-state index in [4.69, 9.17) is 0 Å². The summed E-state index contributed by atoms with van der Waals surface area (Å²) in [6, 6.07) is 6.48. The number of piperazine rings is 1. The summed E-state index contributed by atoms with van der Waals surface area (Å²) in [5.41, 5.74) is 4.71. The van der Waals surface area contributed by atoms with Gasteiger partial charge in [-0.25, -0.2) is 5.10 Å². The predicted molar refractivity (Wildman–Crippen MR) is 102 cm³/mol. The highest BCUT2D eigenvalue weighted by molar-refractivity contribution is 5.84. The average Bonchev–Trinajstić information content (AvgIpc) is 2.59. The lowest BCUT2D eigenvalue weighted by molar-refractivity contribution is -0.134. The fourth-order valence-electron chi connectivity index (χ4n) is 3.78. The molecule has 0 bridgehead atoms. The van der Waals surface area contributed by atoms with Gasteiger partial charge in [0, 0.05) is 18.2 Å². The number of nitrogens with zero attached hydrogens (tertiary/aromatic N) is 3. The number of carbonyl (C=O) groups is 1. The quantitative estimate of drug-likeness (QED) is 0.919. The third-order valence-corrected chi connectivity index (χ3v) is 5.35. The second-order valence-corrected chi connectivity index (χ2v) is 7.27. The smallest absolute Gasteiger partial charge is 0.269 e. The summed E-state index contributed by atoms with van der Waals surface area (Å²) in [6.07, 6.45) is 1.63. The molecule has 0 radical (unpaired) electrons. The number of anilines is 1. The van der Waals surface area contributed by atoms with Gasteiger partial charge in [0.05, 0.1) is 24.5 Å². The number of carbonyl (C=O) groups excluding carboxylic acids is 1. The molecule has 1 saturated heterocycles. The van der Waals surface area contributed by atoms with Gasteiger partial charge < -0.3 is 9.80 Å². The van der Waals surface area contributed by atoms with Gasteiger partial charge in [-0.15, -0.1) is 0 Å². The van der Waals surface area contributed by atoms with Crippen LogP contribution in [0.5, 0.6) is 0 Å². The molecular formula is C20H26N4O2. The van der Waals surface area contributed by atoms with E-state index in [2.05, 4.69) is 56.1 Å². The molecule has 1 aromatic carbocycles. The van der Waals surface area contributed by atoms with Gasteiger partial charge in [0.1, 0.15) is 0 Å². The molecule has 3 rings (SSSR count). The monoisotopic (exact) mass is 354 g/mol. The maximum atomic E-state index is 12.9. The zero-order valence-corrected chi connectivity index (χ0v) is 16.0. The zero-order chi connectivity index (χ0) is 19.0. The number of rotatable bonds is 3. The van der Waals surface area contributed by atoms with Crippen LogP contribution in [0.4, 0.5) is 5.69 Å². The van der Waals surface area contributed by atoms with Crippen molar-refractivity contribution in [2.45, 2.75) is 46.7 Å². The zero-order valence-electron chi connectivity index (χ0n) is 16.0. The summed E-state index contributed by atoms with van der Waals surface area (Å²) in [5.74, 6) is 0.0651. The van der Waals surface area contributed by atoms with E-state index in [0.717, 1.165) is 5.69 Å². The van der Waals surface area contributed by atoms with E-state index >= 15 is 0 Å². The minimum absolute atomic E-state index is 0.0195. The Balaban J connectivity index is 1.85. The lowest BCUT2D eigenvalue weighted by atomic mass is 9.97. The normalized spacial score (nSPS) is 19.0. The second kappa shape index (κ2) is 6.94. The summed E-state index contributed by atoms with van der Waals surface area (Å²) >= 11 is 0. The lowest BCUT2D eigenvalue weighted by Crippen LogP contribution is -2.56. The van der Waals surface area contributed by atoms with E-state index < -0.39 is 0 Å². The minimum atomic E-state index is -0.215. The maximum absolute atomic E-state index is 12.9. The van der Waals surface area contributed by atoms with E-state index in [1.165, 1.54) is 16.7 Å². The van der Waals surface area contributed by atoms with Crippen LogP contribution < -0.4 is 10.5 Å². The molecular weight excluding hydrogens is 328 g/mol. The number of hydrogen-bond acceptors (Lipinski definition) is 4. The van der Waals surface area contributed by atoms with Gasteiger partial charge in [-0.1, -0.05) is 23.8 Å². The van der Waals surface area contributed by atoms with Crippen LogP contribution >= 0.6 is 0 Å². The first-order chi connectivity index (χ1) is 12.3. The molecule has 0 unspecified atom stereocenters. The Labute approximate surface area is 153 Å². The first-order valence-corrected chi connectivity index (χ1v) is 8.97. The molecule has 1 fully saturated rings. The van der Waals surface area contributed by atoms with Crippen molar-refractivity contribution in [2.75, 3.05) is 18.0 Å². The molecule has 1 amide bonds. The van der Waals surface area contributed by atoms with Gasteiger partial charge in [0.15, 0.2) is 0 Å². The van der Waals surface area contributed by atoms with Crippen LogP contribution in [0.25, 0.3) is 0 Å². The highest BCUT2D eigenvalue weighted by Gasteiger charge is 2.34. The van der Waals surface area contributed by atoms with Crippen molar-refractivity contribution >= 4 is 11.6 Å². The number of aryl methyl sites for hydroxylation is 2. The Kier molecular flexibility index (Phi) is 4.85. The highest BCUT2D eigenvalue weighted by Crippen LogP contribution is 2.29. The molecule has 1 aliphatic heterocycles. The average molecular weight is 354 g/mol. The molecule has 138 valence electrons. The van der Waals surface area contributed by atoms with Crippen molar-refractivity contribution in [1.82, 2.24) is 15.1 Å². The van der Waals surface area contributed by atoms with Gasteiger partial charge >= 0.3 is 0 Å². The molecule has 1 N–H and O–H groups in total. The van der Waals surface area contributed by atoms with Crippen molar-refractivity contribution in [1.29, 1.82) is 0 Å². The summed E-state index contributed by atoms with van der Waals surface area (Å²) in [5, 5.41) is 6.33. The third kappa shape index (κ3) is 3.23. The number of aromatic nitrogens is 2. The molecule has 6 heteroatoms. The number of benzene rings is 1. The molecule has 26 heavy (non-hydrogen) atoms. The van der Waals surface area contributed by atoms with Crippen molar-refractivity contribution < 1.29 is 4.79 Å². The van der Waals surface area contributed by atoms with Crippen molar-refractivity contribution in [2.24, 2.45) is 0 Å². The van der Waals surface area contributed by atoms with Gasteiger partial charge in [-0.05, 0) is 45.7 Å². The topological polar surface area (TPSA) is 69.3 Å². The standard InChI is InChI=1S/C20H26N4O2/c1-12-6-7-17(13(2)8-12)16(5)24-10-14(3)23(11-19(24)25)18-9-21-22-20(26)15(18)4/h6-9,14,16H,10-11H2,1-5H3,(H,22,26)/t14-,16+/m1/s1. The van der Waals surface area contributed by atoms with E-state index in [1.807, 2.05) is 9.80 Å². The van der Waals surface area contributed by atoms with Crippen molar-refractivity contribution in [3.8, 4) is 0 Å². The lowest BCUT2D eigenvalue weighted by Gasteiger charge is -2.43. The van der Waals surface area contributed by atoms with E-state index in [0.29, 0.717) is 12.1 Å². The first kappa shape index (κ1) is 18.2. The number of aromatic amines is 1. The molecule has 6 nitrogen and oxygen atoms in total. The van der Waals surface area contributed by atoms with Gasteiger partial charge in [-0.2, -0.15) is 5.10 Å². The van der Waals surface area contributed by atoms with Crippen LogP contribution in [0.15, 0.2) is 29.2 Å². The maximum Gasteiger partial charge on any atom is 0.269 e. The summed E-state index contributed by atoms with van der Waals surface area (Å²) in [7, 11) is 0. The Morgan fingerprint density at radius 3 is 2.65 bits per heavy atom. The van der Waals surface area contributed by atoms with Crippen molar-refractivity contribution in [3.05, 3.63) is 57.0 Å². The van der Waals surface area contributed by atoms with Gasteiger partial charge in [0.2, 0.25) is 5.91 Å². The Morgan fingerprint density at radius 2 is 1.96 bits per heavy atom.